The fraction of sp³-hybridized carbons (Fsp3) is 0.176. The Balaban J connectivity index is 2.44. The molecule has 2 aromatic rings. The van der Waals surface area contributed by atoms with Gasteiger partial charge in [0.2, 0.25) is 0 Å². The van der Waals surface area contributed by atoms with Gasteiger partial charge in [0.1, 0.15) is 6.07 Å². The Morgan fingerprint density at radius 3 is 2.44 bits per heavy atom. The van der Waals surface area contributed by atoms with E-state index in [1.165, 1.54) is 20.3 Å². The van der Waals surface area contributed by atoms with Gasteiger partial charge in [0, 0.05) is 6.20 Å². The van der Waals surface area contributed by atoms with Crippen molar-refractivity contribution < 1.29 is 22.6 Å². The summed E-state index contributed by atoms with van der Waals surface area (Å²) in [4.78, 5) is 3.71. The van der Waals surface area contributed by atoms with Crippen LogP contribution in [-0.4, -0.2) is 19.2 Å². The summed E-state index contributed by atoms with van der Waals surface area (Å²) in [5, 5.41) is 9.57. The van der Waals surface area contributed by atoms with Crippen molar-refractivity contribution in [2.45, 2.75) is 6.18 Å². The standard InChI is InChI=1S/C17H12ClF3N2O2/c1-24-15-7-10(6-13(18)16(15)25-2)5-11(8-22)14-4-3-12(9-23-14)17(19,20)21/h3-7,9H,1-2H3/b11-5+. The highest BCUT2D eigenvalue weighted by molar-refractivity contribution is 6.32. The van der Waals surface area contributed by atoms with Crippen LogP contribution in [0, 0.1) is 11.3 Å². The van der Waals surface area contributed by atoms with Crippen molar-refractivity contribution in [2.24, 2.45) is 0 Å². The average Bonchev–Trinajstić information content (AvgIpc) is 2.58. The topological polar surface area (TPSA) is 55.1 Å². The van der Waals surface area contributed by atoms with E-state index in [0.29, 0.717) is 23.3 Å². The molecule has 0 spiro atoms. The molecule has 0 N–H and O–H groups in total. The highest BCUT2D eigenvalue weighted by atomic mass is 35.5. The van der Waals surface area contributed by atoms with Crippen molar-refractivity contribution >= 4 is 23.3 Å². The smallest absolute Gasteiger partial charge is 0.417 e. The third-order valence-electron chi connectivity index (χ3n) is 3.25. The Labute approximate surface area is 147 Å². The van der Waals surface area contributed by atoms with Gasteiger partial charge in [-0.15, -0.1) is 0 Å². The van der Waals surface area contributed by atoms with Crippen LogP contribution in [0.2, 0.25) is 5.02 Å². The van der Waals surface area contributed by atoms with Crippen LogP contribution in [0.5, 0.6) is 11.5 Å². The number of allylic oxidation sites excluding steroid dienone is 1. The lowest BCUT2D eigenvalue weighted by Gasteiger charge is -2.10. The number of hydrogen-bond donors (Lipinski definition) is 0. The molecule has 0 saturated carbocycles. The normalized spacial score (nSPS) is 11.8. The zero-order chi connectivity index (χ0) is 18.6. The molecule has 0 amide bonds. The fourth-order valence-corrected chi connectivity index (χ4v) is 2.37. The summed E-state index contributed by atoms with van der Waals surface area (Å²) in [7, 11) is 2.87. The zero-order valence-electron chi connectivity index (χ0n) is 13.2. The largest absolute Gasteiger partial charge is 0.493 e. The van der Waals surface area contributed by atoms with Gasteiger partial charge in [-0.3, -0.25) is 4.98 Å². The predicted octanol–water partition coefficient (Wildman–Crippen LogP) is 4.84. The highest BCUT2D eigenvalue weighted by Gasteiger charge is 2.30. The fourth-order valence-electron chi connectivity index (χ4n) is 2.07. The molecule has 0 aliphatic heterocycles. The average molecular weight is 369 g/mol. The van der Waals surface area contributed by atoms with Crippen molar-refractivity contribution in [3.63, 3.8) is 0 Å². The number of pyridine rings is 1. The molecule has 0 atom stereocenters. The summed E-state index contributed by atoms with van der Waals surface area (Å²) in [6.07, 6.45) is -2.36. The van der Waals surface area contributed by atoms with E-state index in [1.54, 1.807) is 12.1 Å². The molecule has 0 aliphatic rings. The van der Waals surface area contributed by atoms with Crippen LogP contribution >= 0.6 is 11.6 Å². The Bertz CT molecular complexity index is 841. The van der Waals surface area contributed by atoms with Crippen molar-refractivity contribution in [3.8, 4) is 17.6 Å². The Kier molecular flexibility index (Phi) is 5.55. The number of nitriles is 1. The molecule has 0 unspecified atom stereocenters. The van der Waals surface area contributed by atoms with Gasteiger partial charge in [-0.1, -0.05) is 11.6 Å². The third-order valence-corrected chi connectivity index (χ3v) is 3.53. The lowest BCUT2D eigenvalue weighted by atomic mass is 10.1. The maximum Gasteiger partial charge on any atom is 0.417 e. The van der Waals surface area contributed by atoms with E-state index >= 15 is 0 Å². The maximum absolute atomic E-state index is 12.6. The van der Waals surface area contributed by atoms with Crippen molar-refractivity contribution in [2.75, 3.05) is 14.2 Å². The Hall–Kier alpha value is -2.72. The summed E-state index contributed by atoms with van der Waals surface area (Å²) in [5.41, 5.74) is -0.179. The molecular formula is C17H12ClF3N2O2. The zero-order valence-corrected chi connectivity index (χ0v) is 13.9. The third kappa shape index (κ3) is 4.22. The number of alkyl halides is 3. The summed E-state index contributed by atoms with van der Waals surface area (Å²) >= 11 is 6.10. The summed E-state index contributed by atoms with van der Waals surface area (Å²) in [5.74, 6) is 0.700. The van der Waals surface area contributed by atoms with Crippen LogP contribution in [0.3, 0.4) is 0 Å². The first-order chi connectivity index (χ1) is 11.8. The molecule has 130 valence electrons. The molecule has 1 aromatic carbocycles. The van der Waals surface area contributed by atoms with Gasteiger partial charge in [-0.2, -0.15) is 18.4 Å². The minimum absolute atomic E-state index is 0.0806. The monoisotopic (exact) mass is 368 g/mol. The number of benzene rings is 1. The summed E-state index contributed by atoms with van der Waals surface area (Å²) < 4.78 is 48.1. The Morgan fingerprint density at radius 2 is 1.96 bits per heavy atom. The van der Waals surface area contributed by atoms with Gasteiger partial charge in [0.25, 0.3) is 0 Å². The first-order valence-electron chi connectivity index (χ1n) is 6.87. The number of rotatable bonds is 4. The van der Waals surface area contributed by atoms with E-state index in [1.807, 2.05) is 6.07 Å². The van der Waals surface area contributed by atoms with Crippen LogP contribution in [0.15, 0.2) is 30.5 Å². The van der Waals surface area contributed by atoms with Gasteiger partial charge in [0.05, 0.1) is 36.1 Å². The SMILES string of the molecule is COc1cc(/C=C(\C#N)c2ccc(C(F)(F)F)cn2)cc(Cl)c1OC. The van der Waals surface area contributed by atoms with E-state index in [2.05, 4.69) is 4.98 Å². The number of ether oxygens (including phenoxy) is 2. The van der Waals surface area contributed by atoms with E-state index in [-0.39, 0.29) is 16.3 Å². The van der Waals surface area contributed by atoms with Crippen LogP contribution in [0.1, 0.15) is 16.8 Å². The Morgan fingerprint density at radius 1 is 1.24 bits per heavy atom. The number of nitrogens with zero attached hydrogens (tertiary/aromatic N) is 2. The lowest BCUT2D eigenvalue weighted by molar-refractivity contribution is -0.137. The molecule has 1 heterocycles. The first kappa shape index (κ1) is 18.6. The van der Waals surface area contributed by atoms with E-state index in [0.717, 1.165) is 12.1 Å². The van der Waals surface area contributed by atoms with Crippen molar-refractivity contribution in [1.82, 2.24) is 4.98 Å². The number of methoxy groups -OCH3 is 2. The number of hydrogen-bond acceptors (Lipinski definition) is 4. The van der Waals surface area contributed by atoms with Crippen LogP contribution in [0.4, 0.5) is 13.2 Å². The maximum atomic E-state index is 12.6. The molecule has 2 rings (SSSR count). The summed E-state index contributed by atoms with van der Waals surface area (Å²) in [6, 6.07) is 7.06. The second-order valence-corrected chi connectivity index (χ2v) is 5.25. The minimum Gasteiger partial charge on any atom is -0.493 e. The van der Waals surface area contributed by atoms with Gasteiger partial charge in [0.15, 0.2) is 11.5 Å². The molecule has 0 radical (unpaired) electrons. The number of halogens is 4. The van der Waals surface area contributed by atoms with E-state index in [9.17, 15) is 18.4 Å². The number of aromatic nitrogens is 1. The molecule has 25 heavy (non-hydrogen) atoms. The molecule has 0 fully saturated rings. The molecule has 8 heteroatoms. The molecule has 1 aromatic heterocycles. The second-order valence-electron chi connectivity index (χ2n) is 4.84. The van der Waals surface area contributed by atoms with Crippen LogP contribution in [-0.2, 0) is 6.18 Å². The predicted molar refractivity (Wildman–Crippen MR) is 87.3 cm³/mol. The van der Waals surface area contributed by atoms with Gasteiger partial charge < -0.3 is 9.47 Å². The van der Waals surface area contributed by atoms with Crippen LogP contribution < -0.4 is 9.47 Å². The lowest BCUT2D eigenvalue weighted by Crippen LogP contribution is -2.05. The highest BCUT2D eigenvalue weighted by Crippen LogP contribution is 2.37. The molecular weight excluding hydrogens is 357 g/mol. The van der Waals surface area contributed by atoms with Crippen molar-refractivity contribution in [3.05, 3.63) is 52.3 Å². The molecule has 4 nitrogen and oxygen atoms in total. The minimum atomic E-state index is -4.49. The van der Waals surface area contributed by atoms with Gasteiger partial charge >= 0.3 is 6.18 Å². The van der Waals surface area contributed by atoms with E-state index < -0.39 is 11.7 Å². The van der Waals surface area contributed by atoms with Gasteiger partial charge in [-0.25, -0.2) is 0 Å². The van der Waals surface area contributed by atoms with Crippen LogP contribution in [0.25, 0.3) is 11.6 Å². The molecule has 0 saturated heterocycles. The molecule has 0 aliphatic carbocycles. The van der Waals surface area contributed by atoms with E-state index in [4.69, 9.17) is 21.1 Å². The van der Waals surface area contributed by atoms with Gasteiger partial charge in [-0.05, 0) is 35.9 Å². The quantitative estimate of drug-likeness (QED) is 0.725. The summed E-state index contributed by atoms with van der Waals surface area (Å²) in [6.45, 7) is 0. The molecule has 0 bridgehead atoms. The van der Waals surface area contributed by atoms with Crippen molar-refractivity contribution in [1.29, 1.82) is 5.26 Å². The first-order valence-corrected chi connectivity index (χ1v) is 7.25. The second kappa shape index (κ2) is 7.45.